The fourth-order valence-electron chi connectivity index (χ4n) is 3.79. The van der Waals surface area contributed by atoms with Crippen LogP contribution in [0.15, 0.2) is 60.7 Å². The van der Waals surface area contributed by atoms with Gasteiger partial charge in [0.25, 0.3) is 0 Å². The second kappa shape index (κ2) is 16.1. The van der Waals surface area contributed by atoms with E-state index in [1.165, 1.54) is 0 Å². The molecule has 0 radical (unpaired) electrons. The molecule has 0 heterocycles. The summed E-state index contributed by atoms with van der Waals surface area (Å²) in [5, 5.41) is 8.59. The Morgan fingerprint density at radius 3 is 1.93 bits per heavy atom. The highest BCUT2D eigenvalue weighted by atomic mass is 28.4. The molecule has 2 aromatic rings. The first-order chi connectivity index (χ1) is 18.8. The molecule has 0 spiro atoms. The van der Waals surface area contributed by atoms with Crippen LogP contribution < -0.4 is 16.0 Å². The molecule has 11 heteroatoms. The predicted octanol–water partition coefficient (Wildman–Crippen LogP) is 7.40. The van der Waals surface area contributed by atoms with E-state index in [1.807, 2.05) is 60.7 Å². The number of hydrogen-bond donors (Lipinski definition) is 3. The van der Waals surface area contributed by atoms with Crippen molar-refractivity contribution in [2.24, 2.45) is 0 Å². The maximum absolute atomic E-state index is 13.2. The van der Waals surface area contributed by atoms with Crippen LogP contribution in [0.4, 0.5) is 21.0 Å². The smallest absolute Gasteiger partial charge is 0.323 e. The van der Waals surface area contributed by atoms with E-state index >= 15 is 0 Å². The molecule has 0 aliphatic rings. The van der Waals surface area contributed by atoms with Gasteiger partial charge in [-0.3, -0.25) is 0 Å². The van der Waals surface area contributed by atoms with Crippen LogP contribution in [-0.2, 0) is 8.85 Å². The lowest BCUT2D eigenvalue weighted by molar-refractivity contribution is 0.205. The van der Waals surface area contributed by atoms with Crippen molar-refractivity contribution in [3.63, 3.8) is 0 Å². The lowest BCUT2D eigenvalue weighted by Gasteiger charge is -2.33. The maximum atomic E-state index is 13.2. The second-order valence-electron chi connectivity index (χ2n) is 12.3. The van der Waals surface area contributed by atoms with Crippen LogP contribution in [0.5, 0.6) is 0 Å². The number of urea groups is 2. The molecule has 8 nitrogen and oxygen atoms in total. The van der Waals surface area contributed by atoms with Gasteiger partial charge in [-0.1, -0.05) is 63.0 Å². The lowest BCUT2D eigenvalue weighted by atomic mass is 10.3. The van der Waals surface area contributed by atoms with E-state index in [-0.39, 0.29) is 18.7 Å². The zero-order chi connectivity index (χ0) is 29.7. The van der Waals surface area contributed by atoms with Crippen molar-refractivity contribution in [2.45, 2.75) is 70.8 Å². The van der Waals surface area contributed by atoms with Crippen LogP contribution in [0, 0.1) is 0 Å². The van der Waals surface area contributed by atoms with Crippen LogP contribution in [0.2, 0.25) is 57.4 Å². The van der Waals surface area contributed by atoms with Gasteiger partial charge in [-0.2, -0.15) is 0 Å². The van der Waals surface area contributed by atoms with Gasteiger partial charge in [0.15, 0.2) is 16.6 Å². The lowest BCUT2D eigenvalue weighted by Crippen LogP contribution is -2.46. The Balaban J connectivity index is 2.04. The van der Waals surface area contributed by atoms with Crippen molar-refractivity contribution in [1.29, 1.82) is 0 Å². The van der Waals surface area contributed by atoms with Gasteiger partial charge in [-0.05, 0) is 68.5 Å². The van der Waals surface area contributed by atoms with Gasteiger partial charge < -0.3 is 29.7 Å². The standard InChI is InChI=1S/C29H50N4O4Si3/c1-8-39(5,6)36-21-23-40(7,37-25-38(2,3)4)22-15-20-33(29(35)32-27-18-13-10-14-19-27)24-30-28(34)31-26-16-11-9-12-17-26/h9-14,16-19H,8,15,20-25H2,1-7H3,(H,32,35)(H2,30,31,34). The average molecular weight is 603 g/mol. The molecule has 1 unspecified atom stereocenters. The molecule has 0 fully saturated rings. The molecule has 0 aromatic heterocycles. The van der Waals surface area contributed by atoms with Crippen LogP contribution in [0.25, 0.3) is 0 Å². The number of amides is 4. The fourth-order valence-corrected chi connectivity index (χ4v) is 9.96. The fraction of sp³-hybridized carbons (Fsp3) is 0.517. The number of para-hydroxylation sites is 2. The van der Waals surface area contributed by atoms with Crippen molar-refractivity contribution >= 4 is 48.1 Å². The number of nitrogens with one attached hydrogen (secondary N) is 3. The summed E-state index contributed by atoms with van der Waals surface area (Å²) in [6.07, 6.45) is 1.62. The first-order valence-corrected chi connectivity index (χ1v) is 23.9. The Labute approximate surface area is 244 Å². The highest BCUT2D eigenvalue weighted by Gasteiger charge is 2.32. The quantitative estimate of drug-likeness (QED) is 0.138. The number of nitrogens with zero attached hydrogens (tertiary/aromatic N) is 1. The summed E-state index contributed by atoms with van der Waals surface area (Å²) in [6.45, 7) is 17.3. The number of anilines is 2. The van der Waals surface area contributed by atoms with Gasteiger partial charge in [-0.25, -0.2) is 9.59 Å². The molecule has 2 rings (SSSR count). The van der Waals surface area contributed by atoms with Gasteiger partial charge in [-0.15, -0.1) is 0 Å². The van der Waals surface area contributed by atoms with E-state index in [0.717, 1.165) is 37.4 Å². The minimum Gasteiger partial charge on any atom is -0.420 e. The Kier molecular flexibility index (Phi) is 13.6. The van der Waals surface area contributed by atoms with Crippen molar-refractivity contribution in [3.8, 4) is 0 Å². The molecule has 0 saturated heterocycles. The van der Waals surface area contributed by atoms with E-state index in [0.29, 0.717) is 17.9 Å². The van der Waals surface area contributed by atoms with Crippen LogP contribution in [-0.4, -0.2) is 67.7 Å². The number of carbonyl (C=O) groups is 2. The number of carbonyl (C=O) groups excluding carboxylic acids is 2. The Hall–Kier alpha value is -2.45. The van der Waals surface area contributed by atoms with Crippen LogP contribution in [0.1, 0.15) is 13.3 Å². The third-order valence-corrected chi connectivity index (χ3v) is 14.2. The summed E-state index contributed by atoms with van der Waals surface area (Å²) in [5.74, 6) is 0. The Morgan fingerprint density at radius 1 is 0.800 bits per heavy atom. The van der Waals surface area contributed by atoms with E-state index in [9.17, 15) is 9.59 Å². The zero-order valence-corrected chi connectivity index (χ0v) is 28.5. The van der Waals surface area contributed by atoms with E-state index in [2.05, 4.69) is 62.2 Å². The molecule has 222 valence electrons. The first kappa shape index (κ1) is 33.8. The molecule has 3 N–H and O–H groups in total. The highest BCUT2D eigenvalue weighted by Crippen LogP contribution is 2.23. The minimum atomic E-state index is -2.07. The van der Waals surface area contributed by atoms with Crippen LogP contribution >= 0.6 is 0 Å². The van der Waals surface area contributed by atoms with Gasteiger partial charge in [0.2, 0.25) is 0 Å². The number of hydrogen-bond acceptors (Lipinski definition) is 4. The molecular formula is C29H50N4O4Si3. The predicted molar refractivity (Wildman–Crippen MR) is 175 cm³/mol. The molecule has 4 amide bonds. The molecule has 2 aromatic carbocycles. The Bertz CT molecular complexity index is 1040. The highest BCUT2D eigenvalue weighted by molar-refractivity contribution is 6.78. The molecule has 1 atom stereocenters. The maximum Gasteiger partial charge on any atom is 0.323 e. The number of benzene rings is 2. The molecule has 0 aliphatic heterocycles. The van der Waals surface area contributed by atoms with Crippen molar-refractivity contribution in [3.05, 3.63) is 60.7 Å². The minimum absolute atomic E-state index is 0.0881. The number of rotatable bonds is 16. The first-order valence-electron chi connectivity index (χ1n) is 14.3. The molecular weight excluding hydrogens is 553 g/mol. The van der Waals surface area contributed by atoms with E-state index in [1.54, 1.807) is 4.90 Å². The summed E-state index contributed by atoms with van der Waals surface area (Å²) < 4.78 is 13.0. The average Bonchev–Trinajstić information content (AvgIpc) is 2.90. The molecule has 0 saturated carbocycles. The summed E-state index contributed by atoms with van der Waals surface area (Å²) in [6, 6.07) is 20.9. The summed E-state index contributed by atoms with van der Waals surface area (Å²) in [7, 11) is -5.07. The van der Waals surface area contributed by atoms with Gasteiger partial charge in [0.05, 0.1) is 14.7 Å². The van der Waals surface area contributed by atoms with E-state index < -0.39 is 24.7 Å². The Morgan fingerprint density at radius 2 is 1.38 bits per heavy atom. The van der Waals surface area contributed by atoms with E-state index in [4.69, 9.17) is 8.85 Å². The summed E-state index contributed by atoms with van der Waals surface area (Å²) in [4.78, 5) is 27.4. The van der Waals surface area contributed by atoms with Crippen LogP contribution in [0.3, 0.4) is 0 Å². The van der Waals surface area contributed by atoms with Gasteiger partial charge >= 0.3 is 12.1 Å². The van der Waals surface area contributed by atoms with Crippen molar-refractivity contribution < 1.29 is 18.4 Å². The third kappa shape index (κ3) is 13.8. The topological polar surface area (TPSA) is 91.9 Å². The normalized spacial score (nSPS) is 13.3. The summed E-state index contributed by atoms with van der Waals surface area (Å²) >= 11 is 0. The second-order valence-corrected chi connectivity index (χ2v) is 26.4. The van der Waals surface area contributed by atoms with Crippen molar-refractivity contribution in [1.82, 2.24) is 10.2 Å². The zero-order valence-electron chi connectivity index (χ0n) is 25.5. The SMILES string of the molecule is CC[Si](C)(C)OCC[Si](C)(CCCN(CNC(=O)Nc1ccccc1)C(=O)Nc1ccccc1)OC[Si](C)(C)C. The molecule has 0 bridgehead atoms. The summed E-state index contributed by atoms with van der Waals surface area (Å²) in [5.41, 5.74) is 1.40. The van der Waals surface area contributed by atoms with Crippen molar-refractivity contribution in [2.75, 3.05) is 36.7 Å². The largest absolute Gasteiger partial charge is 0.420 e. The van der Waals surface area contributed by atoms with Gasteiger partial charge in [0.1, 0.15) is 0 Å². The monoisotopic (exact) mass is 602 g/mol. The van der Waals surface area contributed by atoms with Gasteiger partial charge in [0, 0.05) is 30.8 Å². The molecule has 0 aliphatic carbocycles. The molecule has 40 heavy (non-hydrogen) atoms. The third-order valence-electron chi connectivity index (χ3n) is 6.74.